The number of likely N-dealkylation sites (N-methyl/N-ethyl adjacent to an activating group) is 2. The smallest absolute Gasteiger partial charge is 0.418 e. The Morgan fingerprint density at radius 2 is 1.47 bits per heavy atom. The summed E-state index contributed by atoms with van der Waals surface area (Å²) in [4.78, 5) is 0. The number of alkyl halides is 3. The Kier molecular flexibility index (Phi) is 11.9. The van der Waals surface area contributed by atoms with Crippen LogP contribution in [0.4, 0.5) is 18.9 Å². The molecule has 0 aromatic heterocycles. The van der Waals surface area contributed by atoms with Gasteiger partial charge < -0.3 is 20.1 Å². The van der Waals surface area contributed by atoms with Crippen molar-refractivity contribution in [2.75, 3.05) is 46.4 Å². The predicted molar refractivity (Wildman–Crippen MR) is 149 cm³/mol. The van der Waals surface area contributed by atoms with E-state index in [1.807, 2.05) is 40.1 Å². The third kappa shape index (κ3) is 7.39. The summed E-state index contributed by atoms with van der Waals surface area (Å²) in [5.41, 5.74) is 2.99. The molecule has 0 spiro atoms. The molecule has 0 amide bonds. The van der Waals surface area contributed by atoms with Crippen LogP contribution < -0.4 is 25.1 Å². The SMILES string of the molecule is C=C1C2=C(CCC2)C(c2cc(OC)cc(OC)c2)=NN1c1ccccc1C(F)(F)F.CC.CNCCNC. The number of nitrogens with one attached hydrogen (secondary N) is 2. The van der Waals surface area contributed by atoms with Crippen molar-refractivity contribution in [3.05, 3.63) is 77.0 Å². The molecule has 0 radical (unpaired) electrons. The zero-order chi connectivity index (χ0) is 28.3. The normalized spacial score (nSPS) is 14.6. The van der Waals surface area contributed by atoms with Crippen LogP contribution in [0, 0.1) is 0 Å². The van der Waals surface area contributed by atoms with Gasteiger partial charge in [0, 0.05) is 24.7 Å². The lowest BCUT2D eigenvalue weighted by Gasteiger charge is -2.31. The Bertz CT molecular complexity index is 1120. The molecule has 0 saturated heterocycles. The number of nitrogens with zero attached hydrogens (tertiary/aromatic N) is 2. The fourth-order valence-electron chi connectivity index (χ4n) is 4.20. The fraction of sp³-hybridized carbons (Fsp3) is 0.414. The second-order valence-electron chi connectivity index (χ2n) is 8.34. The molecule has 0 atom stereocenters. The average molecular weight is 533 g/mol. The van der Waals surface area contributed by atoms with Gasteiger partial charge in [0.2, 0.25) is 0 Å². The van der Waals surface area contributed by atoms with Crippen molar-refractivity contribution in [3.8, 4) is 11.5 Å². The first-order valence-corrected chi connectivity index (χ1v) is 12.7. The molecule has 1 aliphatic heterocycles. The molecule has 38 heavy (non-hydrogen) atoms. The first-order valence-electron chi connectivity index (χ1n) is 12.7. The summed E-state index contributed by atoms with van der Waals surface area (Å²) in [6.45, 7) is 10.2. The van der Waals surface area contributed by atoms with Crippen molar-refractivity contribution in [1.29, 1.82) is 0 Å². The molecule has 1 aliphatic carbocycles. The Balaban J connectivity index is 0.000000560. The number of halogens is 3. The van der Waals surface area contributed by atoms with Crippen LogP contribution in [0.15, 0.2) is 71.0 Å². The van der Waals surface area contributed by atoms with Crippen molar-refractivity contribution < 1.29 is 22.6 Å². The molecule has 1 heterocycles. The van der Waals surface area contributed by atoms with Crippen LogP contribution in [-0.2, 0) is 6.18 Å². The zero-order valence-electron chi connectivity index (χ0n) is 23.1. The van der Waals surface area contributed by atoms with E-state index >= 15 is 0 Å². The van der Waals surface area contributed by atoms with Gasteiger partial charge in [-0.15, -0.1) is 0 Å². The Labute approximate surface area is 224 Å². The van der Waals surface area contributed by atoms with Crippen LogP contribution in [0.25, 0.3) is 0 Å². The number of hydrazone groups is 1. The number of benzene rings is 2. The molecule has 2 N–H and O–H groups in total. The van der Waals surface area contributed by atoms with E-state index in [0.717, 1.165) is 55.1 Å². The lowest BCUT2D eigenvalue weighted by atomic mass is 9.95. The Hall–Kier alpha value is -3.30. The molecular weight excluding hydrogens is 493 g/mol. The second-order valence-corrected chi connectivity index (χ2v) is 8.34. The van der Waals surface area contributed by atoms with Crippen LogP contribution in [0.1, 0.15) is 44.2 Å². The second kappa shape index (κ2) is 14.6. The summed E-state index contributed by atoms with van der Waals surface area (Å²) in [5, 5.41) is 12.0. The number of hydrogen-bond donors (Lipinski definition) is 2. The zero-order valence-corrected chi connectivity index (χ0v) is 23.1. The first-order chi connectivity index (χ1) is 18.2. The fourth-order valence-corrected chi connectivity index (χ4v) is 4.20. The summed E-state index contributed by atoms with van der Waals surface area (Å²) in [6, 6.07) is 10.8. The molecule has 2 aromatic carbocycles. The molecule has 2 aliphatic rings. The van der Waals surface area contributed by atoms with Gasteiger partial charge in [0.15, 0.2) is 0 Å². The Morgan fingerprint density at radius 3 is 2.00 bits per heavy atom. The number of methoxy groups -OCH3 is 2. The molecule has 4 rings (SSSR count). The monoisotopic (exact) mass is 532 g/mol. The minimum atomic E-state index is -4.50. The molecule has 2 aromatic rings. The third-order valence-corrected chi connectivity index (χ3v) is 6.00. The minimum Gasteiger partial charge on any atom is -0.497 e. The number of para-hydroxylation sites is 1. The maximum atomic E-state index is 13.7. The van der Waals surface area contributed by atoms with Gasteiger partial charge in [-0.1, -0.05) is 32.6 Å². The molecule has 6 nitrogen and oxygen atoms in total. The van der Waals surface area contributed by atoms with Gasteiger partial charge in [0.1, 0.15) is 11.5 Å². The highest BCUT2D eigenvalue weighted by molar-refractivity contribution is 6.15. The molecule has 0 unspecified atom stereocenters. The molecular formula is C29H39F3N4O2. The summed E-state index contributed by atoms with van der Waals surface area (Å²) in [7, 11) is 6.99. The largest absolute Gasteiger partial charge is 0.497 e. The first kappa shape index (κ1) is 30.9. The maximum Gasteiger partial charge on any atom is 0.418 e. The lowest BCUT2D eigenvalue weighted by molar-refractivity contribution is -0.137. The number of hydrogen-bond acceptors (Lipinski definition) is 6. The van der Waals surface area contributed by atoms with Crippen molar-refractivity contribution in [2.45, 2.75) is 39.3 Å². The summed E-state index contributed by atoms with van der Waals surface area (Å²) >= 11 is 0. The van der Waals surface area contributed by atoms with Gasteiger partial charge in [-0.05, 0) is 68.8 Å². The van der Waals surface area contributed by atoms with Gasteiger partial charge in [-0.25, -0.2) is 5.01 Å². The quantitative estimate of drug-likeness (QED) is 0.405. The standard InChI is InChI=1S/C23H21F3N2O2.C4H12N2.C2H6/c1-14-18-7-6-8-19(18)22(15-11-16(29-2)13-17(12-15)30-3)27-28(14)21-10-5-4-9-20(21)23(24,25)26;1-5-3-4-6-2;1-2/h4-5,9-13H,1,6-8H2,2-3H3;5-6H,3-4H2,1-2H3;1-2H3. The van der Waals surface area contributed by atoms with Crippen molar-refractivity contribution in [1.82, 2.24) is 10.6 Å². The van der Waals surface area contributed by atoms with Gasteiger partial charge in [0.25, 0.3) is 0 Å². The van der Waals surface area contributed by atoms with E-state index in [-0.39, 0.29) is 5.69 Å². The van der Waals surface area contributed by atoms with Crippen LogP contribution in [0.5, 0.6) is 11.5 Å². The van der Waals surface area contributed by atoms with Crippen LogP contribution in [0.2, 0.25) is 0 Å². The van der Waals surface area contributed by atoms with Gasteiger partial charge in [-0.3, -0.25) is 0 Å². The minimum absolute atomic E-state index is 0.0409. The number of allylic oxidation sites excluding steroid dienone is 2. The van der Waals surface area contributed by atoms with Gasteiger partial charge in [0.05, 0.1) is 36.9 Å². The van der Waals surface area contributed by atoms with E-state index in [2.05, 4.69) is 22.3 Å². The number of ether oxygens (including phenoxy) is 2. The van der Waals surface area contributed by atoms with Crippen LogP contribution in [0.3, 0.4) is 0 Å². The highest BCUT2D eigenvalue weighted by atomic mass is 19.4. The molecule has 0 bridgehead atoms. The van der Waals surface area contributed by atoms with E-state index in [0.29, 0.717) is 22.9 Å². The van der Waals surface area contributed by atoms with E-state index in [1.165, 1.54) is 17.1 Å². The van der Waals surface area contributed by atoms with Crippen LogP contribution in [-0.4, -0.2) is 47.1 Å². The third-order valence-electron chi connectivity index (χ3n) is 6.00. The van der Waals surface area contributed by atoms with Crippen LogP contribution >= 0.6 is 0 Å². The van der Waals surface area contributed by atoms with Crippen molar-refractivity contribution in [3.63, 3.8) is 0 Å². The summed E-state index contributed by atoms with van der Waals surface area (Å²) in [5.74, 6) is 1.16. The summed E-state index contributed by atoms with van der Waals surface area (Å²) in [6.07, 6.45) is -2.06. The van der Waals surface area contributed by atoms with E-state index < -0.39 is 11.7 Å². The highest BCUT2D eigenvalue weighted by Crippen LogP contribution is 2.44. The van der Waals surface area contributed by atoms with Gasteiger partial charge >= 0.3 is 6.18 Å². The highest BCUT2D eigenvalue weighted by Gasteiger charge is 2.37. The van der Waals surface area contributed by atoms with Gasteiger partial charge in [-0.2, -0.15) is 18.3 Å². The van der Waals surface area contributed by atoms with Crippen molar-refractivity contribution in [2.24, 2.45) is 5.10 Å². The Morgan fingerprint density at radius 1 is 0.921 bits per heavy atom. The average Bonchev–Trinajstić information content (AvgIpc) is 3.43. The van der Waals surface area contributed by atoms with E-state index in [4.69, 9.17) is 9.47 Å². The summed E-state index contributed by atoms with van der Waals surface area (Å²) < 4.78 is 51.7. The van der Waals surface area contributed by atoms with E-state index in [9.17, 15) is 13.2 Å². The maximum absolute atomic E-state index is 13.7. The lowest BCUT2D eigenvalue weighted by Crippen LogP contribution is -2.27. The topological polar surface area (TPSA) is 58.1 Å². The molecule has 9 heteroatoms. The predicted octanol–water partition coefficient (Wildman–Crippen LogP) is 6.39. The van der Waals surface area contributed by atoms with Crippen molar-refractivity contribution >= 4 is 11.4 Å². The van der Waals surface area contributed by atoms with E-state index in [1.54, 1.807) is 26.4 Å². The molecule has 208 valence electrons. The molecule has 0 fully saturated rings. The molecule has 0 saturated carbocycles. The number of rotatable bonds is 7. The number of anilines is 1.